The van der Waals surface area contributed by atoms with Crippen LogP contribution in [-0.2, 0) is 6.42 Å². The number of anilines is 2. The van der Waals surface area contributed by atoms with Gasteiger partial charge in [0.1, 0.15) is 0 Å². The van der Waals surface area contributed by atoms with Crippen molar-refractivity contribution in [2.45, 2.75) is 40.0 Å². The number of rotatable bonds is 10. The van der Waals surface area contributed by atoms with Crippen molar-refractivity contribution in [2.75, 3.05) is 51.6 Å². The Kier molecular flexibility index (Phi) is 8.50. The molecule has 0 bridgehead atoms. The Bertz CT molecular complexity index is 1900. The van der Waals surface area contributed by atoms with E-state index in [-0.39, 0.29) is 5.91 Å². The molecule has 1 aromatic carbocycles. The van der Waals surface area contributed by atoms with Crippen molar-refractivity contribution in [1.82, 2.24) is 40.2 Å². The number of carbonyl (C=O) groups is 1. The van der Waals surface area contributed by atoms with Crippen LogP contribution in [0.4, 0.5) is 11.5 Å². The number of fused-ring (bicyclic) bond motifs is 1. The molecule has 0 unspecified atom stereocenters. The van der Waals surface area contributed by atoms with E-state index in [1.165, 1.54) is 50.0 Å². The highest BCUT2D eigenvalue weighted by atomic mass is 16.1. The zero-order valence-electron chi connectivity index (χ0n) is 27.8. The summed E-state index contributed by atoms with van der Waals surface area (Å²) in [6, 6.07) is 8.00. The van der Waals surface area contributed by atoms with Gasteiger partial charge in [-0.05, 0) is 61.6 Å². The quantitative estimate of drug-likeness (QED) is 0.161. The number of hydrogen-bond acceptors (Lipinski definition) is 7. The number of aromatic nitrogens is 6. The van der Waals surface area contributed by atoms with Crippen LogP contribution in [0.5, 0.6) is 0 Å². The number of piperidine rings is 1. The Morgan fingerprint density at radius 3 is 2.55 bits per heavy atom. The second-order valence-corrected chi connectivity index (χ2v) is 13.7. The van der Waals surface area contributed by atoms with Crippen LogP contribution in [0.15, 0.2) is 55.2 Å². The second-order valence-electron chi connectivity index (χ2n) is 13.7. The van der Waals surface area contributed by atoms with Crippen molar-refractivity contribution in [3.63, 3.8) is 0 Å². The number of aryl methyl sites for hydroxylation is 3. The third-order valence-corrected chi connectivity index (χ3v) is 10.2. The summed E-state index contributed by atoms with van der Waals surface area (Å²) in [5.74, 6) is 2.02. The van der Waals surface area contributed by atoms with Gasteiger partial charge in [0.15, 0.2) is 11.5 Å². The summed E-state index contributed by atoms with van der Waals surface area (Å²) in [5.41, 5.74) is 9.20. The average Bonchev–Trinajstić information content (AvgIpc) is 3.69. The Labute approximate surface area is 275 Å². The summed E-state index contributed by atoms with van der Waals surface area (Å²) in [4.78, 5) is 27.4. The molecular weight excluding hydrogens is 588 g/mol. The van der Waals surface area contributed by atoms with E-state index in [9.17, 15) is 4.79 Å². The highest BCUT2D eigenvalue weighted by Crippen LogP contribution is 2.30. The van der Waals surface area contributed by atoms with E-state index in [1.807, 2.05) is 48.1 Å². The molecule has 2 aliphatic heterocycles. The molecule has 0 saturated carbocycles. The van der Waals surface area contributed by atoms with Gasteiger partial charge in [-0.15, -0.1) is 0 Å². The van der Waals surface area contributed by atoms with Gasteiger partial charge < -0.3 is 20.4 Å². The lowest BCUT2D eigenvalue weighted by atomic mass is 9.92. The maximum Gasteiger partial charge on any atom is 0.251 e. The van der Waals surface area contributed by atoms with Crippen molar-refractivity contribution in [1.29, 1.82) is 0 Å². The summed E-state index contributed by atoms with van der Waals surface area (Å²) < 4.78 is 3.20. The lowest BCUT2D eigenvalue weighted by molar-refractivity contribution is -0.918. The van der Waals surface area contributed by atoms with Gasteiger partial charge in [0, 0.05) is 85.1 Å². The Balaban J connectivity index is 1.02. The standard InChI is InChI=1S/C36H44N10O/c1-5-27-15-28(6-7-29(27)36(47)41-18-25-8-12-46(4,13-9-25)22-26-16-37-17-26)43-34-35-40-21-33(45(35)11-10-38-34)30-19-39-32(14-23(30)2)31-20-42-44-24(31)3/h6-7,10-11,14-15,19-21,25-26,37H,5,8-9,12-13,16-18,22H2,1-4H3,(H2-,38,39,41,42,43,44,47)/p+1. The minimum absolute atomic E-state index is 0.00724. The molecule has 0 radical (unpaired) electrons. The van der Waals surface area contributed by atoms with Gasteiger partial charge in [-0.2, -0.15) is 5.10 Å². The lowest BCUT2D eigenvalue weighted by Gasteiger charge is -2.44. The molecule has 6 heterocycles. The summed E-state index contributed by atoms with van der Waals surface area (Å²) in [7, 11) is 2.40. The maximum absolute atomic E-state index is 13.3. The van der Waals surface area contributed by atoms with Crippen molar-refractivity contribution < 1.29 is 9.28 Å². The molecule has 5 aromatic rings. The summed E-state index contributed by atoms with van der Waals surface area (Å²) >= 11 is 0. The molecular formula is C36H45N10O+. The predicted octanol–water partition coefficient (Wildman–Crippen LogP) is 4.91. The summed E-state index contributed by atoms with van der Waals surface area (Å²) in [6.45, 7) is 12.9. The normalized spacial score (nSPS) is 19.9. The number of H-pyrrole nitrogens is 1. The Morgan fingerprint density at radius 2 is 1.85 bits per heavy atom. The number of benzene rings is 1. The maximum atomic E-state index is 13.3. The van der Waals surface area contributed by atoms with Crippen LogP contribution in [0.2, 0.25) is 0 Å². The van der Waals surface area contributed by atoms with Gasteiger partial charge >= 0.3 is 0 Å². The summed E-state index contributed by atoms with van der Waals surface area (Å²) in [5, 5.41) is 17.2. The zero-order chi connectivity index (χ0) is 32.5. The van der Waals surface area contributed by atoms with E-state index >= 15 is 0 Å². The van der Waals surface area contributed by atoms with Crippen LogP contribution in [0.3, 0.4) is 0 Å². The van der Waals surface area contributed by atoms with Crippen molar-refractivity contribution in [3.05, 3.63) is 77.6 Å². The van der Waals surface area contributed by atoms with Crippen LogP contribution >= 0.6 is 0 Å². The van der Waals surface area contributed by atoms with Crippen LogP contribution in [-0.4, -0.2) is 86.3 Å². The summed E-state index contributed by atoms with van der Waals surface area (Å²) in [6.07, 6.45) is 12.3. The van der Waals surface area contributed by atoms with E-state index < -0.39 is 0 Å². The number of amides is 1. The monoisotopic (exact) mass is 633 g/mol. The van der Waals surface area contributed by atoms with Gasteiger partial charge in [-0.3, -0.25) is 19.3 Å². The molecule has 0 aliphatic carbocycles. The fourth-order valence-corrected chi connectivity index (χ4v) is 7.17. The molecule has 0 spiro atoms. The highest BCUT2D eigenvalue weighted by Gasteiger charge is 2.34. The van der Waals surface area contributed by atoms with E-state index in [0.717, 1.165) is 69.5 Å². The number of nitrogens with one attached hydrogen (secondary N) is 4. The minimum Gasteiger partial charge on any atom is -0.352 e. The molecule has 244 valence electrons. The first-order valence-corrected chi connectivity index (χ1v) is 16.8. The number of nitrogens with zero attached hydrogens (tertiary/aromatic N) is 6. The second kappa shape index (κ2) is 12.9. The zero-order valence-corrected chi connectivity index (χ0v) is 27.8. The van der Waals surface area contributed by atoms with Crippen LogP contribution in [0.25, 0.3) is 28.2 Å². The molecule has 11 heteroatoms. The van der Waals surface area contributed by atoms with Crippen LogP contribution < -0.4 is 16.0 Å². The number of hydrogen-bond donors (Lipinski definition) is 4. The molecule has 2 saturated heterocycles. The molecule has 2 aliphatic rings. The SMILES string of the molecule is CCc1cc(Nc2nccn3c(-c4cnc(-c5cn[nH]c5C)cc4C)cnc23)ccc1C(=O)NCC1CC[N+](C)(CC2CNC2)CC1. The molecule has 47 heavy (non-hydrogen) atoms. The molecule has 4 aromatic heterocycles. The van der Waals surface area contributed by atoms with Crippen molar-refractivity contribution >= 4 is 23.1 Å². The predicted molar refractivity (Wildman–Crippen MR) is 185 cm³/mol. The van der Waals surface area contributed by atoms with Crippen molar-refractivity contribution in [3.8, 4) is 22.5 Å². The number of aromatic amines is 1. The largest absolute Gasteiger partial charge is 0.352 e. The first-order valence-electron chi connectivity index (χ1n) is 16.8. The van der Waals surface area contributed by atoms with Crippen LogP contribution in [0, 0.1) is 25.7 Å². The average molecular weight is 634 g/mol. The number of carbonyl (C=O) groups excluding carboxylic acids is 1. The van der Waals surface area contributed by atoms with E-state index in [1.54, 1.807) is 12.4 Å². The topological polar surface area (TPSA) is 125 Å². The Morgan fingerprint density at radius 1 is 1.02 bits per heavy atom. The Hall–Kier alpha value is -4.61. The van der Waals surface area contributed by atoms with Gasteiger partial charge in [0.05, 0.1) is 50.5 Å². The first kappa shape index (κ1) is 31.0. The molecule has 11 nitrogen and oxygen atoms in total. The lowest BCUT2D eigenvalue weighted by Crippen LogP contribution is -2.58. The van der Waals surface area contributed by atoms with E-state index in [2.05, 4.69) is 58.1 Å². The highest BCUT2D eigenvalue weighted by molar-refractivity contribution is 5.96. The van der Waals surface area contributed by atoms with Gasteiger partial charge in [-0.25, -0.2) is 9.97 Å². The third kappa shape index (κ3) is 6.37. The van der Waals surface area contributed by atoms with Gasteiger partial charge in [0.25, 0.3) is 5.91 Å². The van der Waals surface area contributed by atoms with Gasteiger partial charge in [-0.1, -0.05) is 6.92 Å². The smallest absolute Gasteiger partial charge is 0.251 e. The fourth-order valence-electron chi connectivity index (χ4n) is 7.17. The van der Waals surface area contributed by atoms with Gasteiger partial charge in [0.2, 0.25) is 0 Å². The van der Waals surface area contributed by atoms with E-state index in [0.29, 0.717) is 17.4 Å². The number of likely N-dealkylation sites (tertiary alicyclic amines) is 1. The first-order chi connectivity index (χ1) is 22.8. The van der Waals surface area contributed by atoms with E-state index in [4.69, 9.17) is 9.97 Å². The molecule has 7 rings (SSSR count). The van der Waals surface area contributed by atoms with Crippen molar-refractivity contribution in [2.24, 2.45) is 11.8 Å². The third-order valence-electron chi connectivity index (χ3n) is 10.2. The molecule has 2 fully saturated rings. The fraction of sp³-hybridized carbons (Fsp3) is 0.417. The minimum atomic E-state index is 0.00724. The van der Waals surface area contributed by atoms with Crippen LogP contribution in [0.1, 0.15) is 46.9 Å². The number of pyridine rings is 1. The number of quaternary nitrogens is 1. The molecule has 1 amide bonds. The molecule has 4 N–H and O–H groups in total. The molecule has 0 atom stereocenters. The number of imidazole rings is 1.